The summed E-state index contributed by atoms with van der Waals surface area (Å²) in [5.41, 5.74) is -0.530. The molecule has 0 aliphatic heterocycles. The molecule has 1 aliphatic carbocycles. The summed E-state index contributed by atoms with van der Waals surface area (Å²) in [6.07, 6.45) is 6.43. The predicted molar refractivity (Wildman–Crippen MR) is 78.3 cm³/mol. The van der Waals surface area contributed by atoms with Gasteiger partial charge in [0.25, 0.3) is 0 Å². The van der Waals surface area contributed by atoms with Crippen LogP contribution in [0.4, 0.5) is 4.79 Å². The number of carbonyl (C=O) groups is 1. The van der Waals surface area contributed by atoms with Gasteiger partial charge in [0.1, 0.15) is 5.60 Å². The van der Waals surface area contributed by atoms with Gasteiger partial charge in [0.2, 0.25) is 0 Å². The van der Waals surface area contributed by atoms with Crippen molar-refractivity contribution in [2.45, 2.75) is 83.4 Å². The summed E-state index contributed by atoms with van der Waals surface area (Å²) in [6.45, 7) is 7.86. The molecule has 1 fully saturated rings. The molecule has 0 heterocycles. The smallest absolute Gasteiger partial charge is 0.408 e. The van der Waals surface area contributed by atoms with Crippen LogP contribution in [-0.4, -0.2) is 30.3 Å². The van der Waals surface area contributed by atoms with Gasteiger partial charge in [0.15, 0.2) is 0 Å². The topological polar surface area (TPSA) is 50.4 Å². The summed E-state index contributed by atoms with van der Waals surface area (Å²) in [5, 5.41) is 6.42. The summed E-state index contributed by atoms with van der Waals surface area (Å²) in [6, 6.07) is 0.396. The van der Waals surface area contributed by atoms with Gasteiger partial charge in [-0.2, -0.15) is 0 Å². The van der Waals surface area contributed by atoms with Crippen molar-refractivity contribution in [3.05, 3.63) is 0 Å². The molecule has 0 aromatic rings. The molecule has 4 heteroatoms. The van der Waals surface area contributed by atoms with Crippen molar-refractivity contribution < 1.29 is 9.53 Å². The van der Waals surface area contributed by atoms with E-state index in [0.29, 0.717) is 6.04 Å². The lowest BCUT2D eigenvalue weighted by Crippen LogP contribution is -2.53. The van der Waals surface area contributed by atoms with Crippen molar-refractivity contribution in [3.8, 4) is 0 Å². The number of rotatable bonds is 4. The summed E-state index contributed by atoms with van der Waals surface area (Å²) < 4.78 is 5.41. The Morgan fingerprint density at radius 1 is 1.26 bits per heavy atom. The van der Waals surface area contributed by atoms with Crippen molar-refractivity contribution in [3.63, 3.8) is 0 Å². The second-order valence-electron chi connectivity index (χ2n) is 6.86. The first kappa shape index (κ1) is 16.3. The number of carbonyl (C=O) groups excluding carboxylic acids is 1. The first-order chi connectivity index (χ1) is 8.76. The number of alkyl carbamates (subject to hydrolysis) is 1. The molecule has 4 nitrogen and oxygen atoms in total. The Morgan fingerprint density at radius 2 is 1.84 bits per heavy atom. The molecule has 1 saturated carbocycles. The summed E-state index contributed by atoms with van der Waals surface area (Å²) in [4.78, 5) is 12.0. The predicted octanol–water partition coefficient (Wildman–Crippen LogP) is 3.21. The SMILES string of the molecule is CNC(C)CC1(NC(=O)OC(C)(C)C)CCCCC1. The van der Waals surface area contributed by atoms with Gasteiger partial charge >= 0.3 is 6.09 Å². The minimum absolute atomic E-state index is 0.0942. The first-order valence-electron chi connectivity index (χ1n) is 7.45. The van der Waals surface area contributed by atoms with E-state index >= 15 is 0 Å². The standard InChI is InChI=1S/C15H30N2O2/c1-12(16-5)11-15(9-7-6-8-10-15)17-13(18)19-14(2,3)4/h12,16H,6-11H2,1-5H3,(H,17,18). The Bertz CT molecular complexity index is 291. The van der Waals surface area contributed by atoms with Crippen LogP contribution in [0.1, 0.15) is 66.2 Å². The normalized spacial score (nSPS) is 20.7. The lowest BCUT2D eigenvalue weighted by atomic mass is 9.77. The molecule has 112 valence electrons. The third kappa shape index (κ3) is 5.81. The van der Waals surface area contributed by atoms with Gasteiger partial charge in [-0.15, -0.1) is 0 Å². The monoisotopic (exact) mass is 270 g/mol. The minimum Gasteiger partial charge on any atom is -0.444 e. The first-order valence-corrected chi connectivity index (χ1v) is 7.45. The molecule has 1 amide bonds. The molecule has 2 N–H and O–H groups in total. The van der Waals surface area contributed by atoms with E-state index in [1.807, 2.05) is 27.8 Å². The number of hydrogen-bond donors (Lipinski definition) is 2. The van der Waals surface area contributed by atoms with Gasteiger partial charge < -0.3 is 15.4 Å². The molecule has 19 heavy (non-hydrogen) atoms. The lowest BCUT2D eigenvalue weighted by molar-refractivity contribution is 0.0408. The maximum absolute atomic E-state index is 12.0. The van der Waals surface area contributed by atoms with E-state index < -0.39 is 5.60 Å². The van der Waals surface area contributed by atoms with Crippen LogP contribution in [0.2, 0.25) is 0 Å². The zero-order valence-corrected chi connectivity index (χ0v) is 13.1. The highest BCUT2D eigenvalue weighted by Gasteiger charge is 2.36. The second kappa shape index (κ2) is 6.60. The van der Waals surface area contributed by atoms with E-state index in [2.05, 4.69) is 17.6 Å². The zero-order valence-electron chi connectivity index (χ0n) is 13.1. The van der Waals surface area contributed by atoms with E-state index in [9.17, 15) is 4.79 Å². The molecule has 0 aromatic carbocycles. The van der Waals surface area contributed by atoms with E-state index in [-0.39, 0.29) is 11.6 Å². The highest BCUT2D eigenvalue weighted by molar-refractivity contribution is 5.68. The van der Waals surface area contributed by atoms with Gasteiger partial charge in [0.05, 0.1) is 0 Å². The van der Waals surface area contributed by atoms with Crippen molar-refractivity contribution in [1.82, 2.24) is 10.6 Å². The van der Waals surface area contributed by atoms with Crippen molar-refractivity contribution in [2.24, 2.45) is 0 Å². The Labute approximate surface area is 117 Å². The number of amides is 1. The fourth-order valence-electron chi connectivity index (χ4n) is 2.82. The van der Waals surface area contributed by atoms with Crippen LogP contribution in [0.5, 0.6) is 0 Å². The van der Waals surface area contributed by atoms with Crippen molar-refractivity contribution in [1.29, 1.82) is 0 Å². The van der Waals surface area contributed by atoms with Crippen LogP contribution in [0, 0.1) is 0 Å². The molecule has 0 spiro atoms. The fraction of sp³-hybridized carbons (Fsp3) is 0.933. The van der Waals surface area contributed by atoms with Gasteiger partial charge in [-0.3, -0.25) is 0 Å². The van der Waals surface area contributed by atoms with Crippen LogP contribution in [0.25, 0.3) is 0 Å². The van der Waals surface area contributed by atoms with Gasteiger partial charge in [-0.25, -0.2) is 4.79 Å². The Morgan fingerprint density at radius 3 is 2.32 bits per heavy atom. The summed E-state index contributed by atoms with van der Waals surface area (Å²) in [5.74, 6) is 0. The number of nitrogens with one attached hydrogen (secondary N) is 2. The Balaban J connectivity index is 2.66. The highest BCUT2D eigenvalue weighted by Crippen LogP contribution is 2.32. The lowest BCUT2D eigenvalue weighted by Gasteiger charge is -2.40. The van der Waals surface area contributed by atoms with Crippen LogP contribution >= 0.6 is 0 Å². The third-order valence-electron chi connectivity index (χ3n) is 3.77. The largest absolute Gasteiger partial charge is 0.444 e. The van der Waals surface area contributed by atoms with E-state index in [4.69, 9.17) is 4.74 Å². The Hall–Kier alpha value is -0.770. The fourth-order valence-corrected chi connectivity index (χ4v) is 2.82. The second-order valence-corrected chi connectivity index (χ2v) is 6.86. The van der Waals surface area contributed by atoms with Gasteiger partial charge in [0, 0.05) is 11.6 Å². The minimum atomic E-state index is -0.436. The maximum Gasteiger partial charge on any atom is 0.408 e. The van der Waals surface area contributed by atoms with Gasteiger partial charge in [-0.1, -0.05) is 19.3 Å². The molecular weight excluding hydrogens is 240 g/mol. The van der Waals surface area contributed by atoms with Crippen LogP contribution < -0.4 is 10.6 Å². The third-order valence-corrected chi connectivity index (χ3v) is 3.77. The Kier molecular flexibility index (Phi) is 5.65. The quantitative estimate of drug-likeness (QED) is 0.824. The summed E-state index contributed by atoms with van der Waals surface area (Å²) in [7, 11) is 1.97. The van der Waals surface area contributed by atoms with E-state index in [1.54, 1.807) is 0 Å². The number of ether oxygens (including phenoxy) is 1. The average Bonchev–Trinajstić information content (AvgIpc) is 2.26. The molecule has 0 saturated heterocycles. The van der Waals surface area contributed by atoms with Crippen LogP contribution in [0.15, 0.2) is 0 Å². The summed E-state index contributed by atoms with van der Waals surface area (Å²) >= 11 is 0. The maximum atomic E-state index is 12.0. The molecule has 0 aromatic heterocycles. The van der Waals surface area contributed by atoms with Crippen molar-refractivity contribution in [2.75, 3.05) is 7.05 Å². The van der Waals surface area contributed by atoms with Crippen molar-refractivity contribution >= 4 is 6.09 Å². The van der Waals surface area contributed by atoms with Crippen LogP contribution in [-0.2, 0) is 4.74 Å². The van der Waals surface area contributed by atoms with Crippen LogP contribution in [0.3, 0.4) is 0 Å². The molecule has 1 aliphatic rings. The van der Waals surface area contributed by atoms with E-state index in [1.165, 1.54) is 19.3 Å². The van der Waals surface area contributed by atoms with Gasteiger partial charge in [-0.05, 0) is 54.0 Å². The molecule has 1 unspecified atom stereocenters. The molecule has 0 bridgehead atoms. The zero-order chi connectivity index (χ0) is 14.5. The highest BCUT2D eigenvalue weighted by atomic mass is 16.6. The average molecular weight is 270 g/mol. The molecule has 1 rings (SSSR count). The number of hydrogen-bond acceptors (Lipinski definition) is 3. The molecular formula is C15H30N2O2. The molecule has 0 radical (unpaired) electrons. The van der Waals surface area contributed by atoms with E-state index in [0.717, 1.165) is 19.3 Å². The molecule has 1 atom stereocenters.